The third kappa shape index (κ3) is 2.91. The average molecular weight is 266 g/mol. The van der Waals surface area contributed by atoms with Crippen LogP contribution in [0.2, 0.25) is 0 Å². The normalized spacial score (nSPS) is 11.4. The summed E-state index contributed by atoms with van der Waals surface area (Å²) < 4.78 is 27.2. The zero-order valence-electron chi connectivity index (χ0n) is 9.88. The molecule has 0 aliphatic rings. The van der Waals surface area contributed by atoms with E-state index in [1.807, 2.05) is 31.2 Å². The molecule has 0 saturated heterocycles. The molecule has 96 valence electrons. The molecule has 0 saturated carbocycles. The fourth-order valence-corrected chi connectivity index (χ4v) is 2.04. The van der Waals surface area contributed by atoms with E-state index >= 15 is 0 Å². The van der Waals surface area contributed by atoms with Crippen molar-refractivity contribution in [2.45, 2.75) is 18.6 Å². The van der Waals surface area contributed by atoms with E-state index in [2.05, 4.69) is 5.32 Å². The first-order valence-corrected chi connectivity index (χ1v) is 6.92. The fourth-order valence-electron chi connectivity index (χ4n) is 1.56. The van der Waals surface area contributed by atoms with Crippen LogP contribution >= 0.6 is 0 Å². The second kappa shape index (κ2) is 4.83. The topological polar surface area (TPSA) is 85.3 Å². The summed E-state index contributed by atoms with van der Waals surface area (Å²) >= 11 is 0. The van der Waals surface area contributed by atoms with Crippen molar-refractivity contribution in [1.82, 2.24) is 0 Å². The van der Waals surface area contributed by atoms with Crippen LogP contribution in [0, 0.1) is 6.92 Å². The van der Waals surface area contributed by atoms with Gasteiger partial charge in [-0.15, -0.1) is 0 Å². The average Bonchev–Trinajstić information content (AvgIpc) is 2.76. The van der Waals surface area contributed by atoms with Crippen LogP contribution < -0.4 is 10.5 Å². The Kier molecular flexibility index (Phi) is 3.40. The molecule has 2 aromatic rings. The summed E-state index contributed by atoms with van der Waals surface area (Å²) in [4.78, 5) is 0. The van der Waals surface area contributed by atoms with Gasteiger partial charge < -0.3 is 9.73 Å². The van der Waals surface area contributed by atoms with Gasteiger partial charge in [0.15, 0.2) is 0 Å². The molecular formula is C12H14N2O3S. The molecule has 3 N–H and O–H groups in total. The van der Waals surface area contributed by atoms with Crippen molar-refractivity contribution in [3.05, 3.63) is 47.7 Å². The largest absolute Gasteiger partial charge is 0.446 e. The Morgan fingerprint density at radius 2 is 1.94 bits per heavy atom. The maximum atomic E-state index is 11.0. The van der Waals surface area contributed by atoms with E-state index < -0.39 is 10.0 Å². The molecule has 1 aromatic heterocycles. The van der Waals surface area contributed by atoms with Gasteiger partial charge in [-0.05, 0) is 30.7 Å². The fraction of sp³-hybridized carbons (Fsp3) is 0.167. The van der Waals surface area contributed by atoms with Gasteiger partial charge in [0.25, 0.3) is 10.0 Å². The van der Waals surface area contributed by atoms with E-state index in [-0.39, 0.29) is 5.09 Å². The molecule has 0 radical (unpaired) electrons. The molecule has 18 heavy (non-hydrogen) atoms. The number of sulfonamides is 1. The van der Waals surface area contributed by atoms with Gasteiger partial charge in [0.2, 0.25) is 5.09 Å². The Labute approximate surface area is 106 Å². The van der Waals surface area contributed by atoms with Crippen molar-refractivity contribution in [2.24, 2.45) is 5.14 Å². The van der Waals surface area contributed by atoms with Gasteiger partial charge in [-0.3, -0.25) is 0 Å². The Morgan fingerprint density at radius 3 is 2.56 bits per heavy atom. The van der Waals surface area contributed by atoms with Gasteiger partial charge >= 0.3 is 0 Å². The van der Waals surface area contributed by atoms with E-state index in [1.54, 1.807) is 6.07 Å². The summed E-state index contributed by atoms with van der Waals surface area (Å²) in [6, 6.07) is 10.7. The van der Waals surface area contributed by atoms with Crippen LogP contribution in [-0.4, -0.2) is 8.42 Å². The maximum absolute atomic E-state index is 11.0. The van der Waals surface area contributed by atoms with Crippen molar-refractivity contribution < 1.29 is 12.8 Å². The number of aryl methyl sites for hydroxylation is 1. The van der Waals surface area contributed by atoms with Gasteiger partial charge in [0.05, 0.1) is 6.54 Å². The minimum atomic E-state index is -3.77. The first-order valence-electron chi connectivity index (χ1n) is 5.38. The molecule has 1 aromatic carbocycles. The van der Waals surface area contributed by atoms with Gasteiger partial charge in [-0.1, -0.05) is 18.2 Å². The number of nitrogens with one attached hydrogen (secondary N) is 1. The van der Waals surface area contributed by atoms with Crippen LogP contribution in [0.3, 0.4) is 0 Å². The van der Waals surface area contributed by atoms with Gasteiger partial charge in [-0.2, -0.15) is 0 Å². The summed E-state index contributed by atoms with van der Waals surface area (Å²) in [6.07, 6.45) is 0. The Hall–Kier alpha value is -1.79. The number of hydrogen-bond donors (Lipinski definition) is 2. The molecule has 1 heterocycles. The minimum absolute atomic E-state index is 0.218. The number of furan rings is 1. The summed E-state index contributed by atoms with van der Waals surface area (Å²) in [5, 5.41) is 7.91. The van der Waals surface area contributed by atoms with Crippen molar-refractivity contribution in [2.75, 3.05) is 5.32 Å². The predicted molar refractivity (Wildman–Crippen MR) is 68.6 cm³/mol. The zero-order valence-corrected chi connectivity index (χ0v) is 10.7. The van der Waals surface area contributed by atoms with E-state index in [0.717, 1.165) is 11.3 Å². The summed E-state index contributed by atoms with van der Waals surface area (Å²) in [5.41, 5.74) is 2.08. The van der Waals surface area contributed by atoms with Crippen molar-refractivity contribution >= 4 is 15.7 Å². The van der Waals surface area contributed by atoms with Crippen LogP contribution in [0.4, 0.5) is 5.69 Å². The standard InChI is InChI=1S/C12H14N2O3S/c1-9-4-2-3-5-11(9)14-8-10-6-7-12(17-10)18(13,15)16/h2-7,14H,8H2,1H3,(H2,13,15,16). The highest BCUT2D eigenvalue weighted by atomic mass is 32.2. The number of nitrogens with two attached hydrogens (primary N) is 1. The lowest BCUT2D eigenvalue weighted by atomic mass is 10.2. The number of hydrogen-bond acceptors (Lipinski definition) is 4. The van der Waals surface area contributed by atoms with Crippen LogP contribution in [-0.2, 0) is 16.6 Å². The summed E-state index contributed by atoms with van der Waals surface area (Å²) in [6.45, 7) is 2.39. The van der Waals surface area contributed by atoms with Gasteiger partial charge in [-0.25, -0.2) is 13.6 Å². The highest BCUT2D eigenvalue weighted by molar-refractivity contribution is 7.89. The van der Waals surface area contributed by atoms with Crippen LogP contribution in [0.5, 0.6) is 0 Å². The van der Waals surface area contributed by atoms with Crippen LogP contribution in [0.15, 0.2) is 45.9 Å². The SMILES string of the molecule is Cc1ccccc1NCc1ccc(S(N)(=O)=O)o1. The van der Waals surface area contributed by atoms with E-state index in [0.29, 0.717) is 12.3 Å². The van der Waals surface area contributed by atoms with Crippen molar-refractivity contribution in [3.63, 3.8) is 0 Å². The molecule has 2 rings (SSSR count). The lowest BCUT2D eigenvalue weighted by Gasteiger charge is -2.07. The highest BCUT2D eigenvalue weighted by Gasteiger charge is 2.12. The third-order valence-electron chi connectivity index (χ3n) is 2.52. The van der Waals surface area contributed by atoms with E-state index in [4.69, 9.17) is 9.56 Å². The van der Waals surface area contributed by atoms with Crippen molar-refractivity contribution in [1.29, 1.82) is 0 Å². The molecule has 6 heteroatoms. The lowest BCUT2D eigenvalue weighted by Crippen LogP contribution is -2.10. The molecule has 0 aliphatic heterocycles. The van der Waals surface area contributed by atoms with Crippen molar-refractivity contribution in [3.8, 4) is 0 Å². The molecule has 0 aliphatic carbocycles. The second-order valence-electron chi connectivity index (χ2n) is 3.93. The molecule has 0 atom stereocenters. The van der Waals surface area contributed by atoms with Gasteiger partial charge in [0, 0.05) is 5.69 Å². The zero-order chi connectivity index (χ0) is 13.2. The number of primary sulfonamides is 1. The maximum Gasteiger partial charge on any atom is 0.271 e. The molecule has 0 bridgehead atoms. The minimum Gasteiger partial charge on any atom is -0.446 e. The summed E-state index contributed by atoms with van der Waals surface area (Å²) in [5.74, 6) is 0.516. The quantitative estimate of drug-likeness (QED) is 0.884. The molecule has 0 amide bonds. The number of anilines is 1. The molecule has 5 nitrogen and oxygen atoms in total. The molecule has 0 fully saturated rings. The number of rotatable bonds is 4. The van der Waals surface area contributed by atoms with E-state index in [1.165, 1.54) is 6.07 Å². The molecule has 0 spiro atoms. The lowest BCUT2D eigenvalue weighted by molar-refractivity contribution is 0.419. The van der Waals surface area contributed by atoms with Gasteiger partial charge in [0.1, 0.15) is 5.76 Å². The molecular weight excluding hydrogens is 252 g/mol. The molecule has 0 unspecified atom stereocenters. The number of benzene rings is 1. The Bertz CT molecular complexity index is 647. The second-order valence-corrected chi connectivity index (χ2v) is 5.43. The first-order chi connectivity index (χ1) is 8.47. The smallest absolute Gasteiger partial charge is 0.271 e. The monoisotopic (exact) mass is 266 g/mol. The predicted octanol–water partition coefficient (Wildman–Crippen LogP) is 1.85. The number of para-hydroxylation sites is 1. The first kappa shape index (κ1) is 12.7. The van der Waals surface area contributed by atoms with Crippen LogP contribution in [0.25, 0.3) is 0 Å². The third-order valence-corrected chi connectivity index (χ3v) is 3.30. The highest BCUT2D eigenvalue weighted by Crippen LogP contribution is 2.17. The van der Waals surface area contributed by atoms with Crippen LogP contribution in [0.1, 0.15) is 11.3 Å². The Morgan fingerprint density at radius 1 is 1.22 bits per heavy atom. The summed E-state index contributed by atoms with van der Waals surface area (Å²) in [7, 11) is -3.77. The van der Waals surface area contributed by atoms with E-state index in [9.17, 15) is 8.42 Å². The Balaban J connectivity index is 2.08.